The molecule has 1 unspecified atom stereocenters. The van der Waals surface area contributed by atoms with E-state index < -0.39 is 10.0 Å². The van der Waals surface area contributed by atoms with Crippen molar-refractivity contribution in [2.75, 3.05) is 20.3 Å². The number of hydrogen-bond acceptors (Lipinski definition) is 5. The molecule has 1 rings (SSSR count). The Hall–Kier alpha value is -1.02. The second-order valence-electron chi connectivity index (χ2n) is 5.21. The van der Waals surface area contributed by atoms with E-state index in [0.29, 0.717) is 13.2 Å². The summed E-state index contributed by atoms with van der Waals surface area (Å²) in [6.45, 7) is 7.76. The first-order chi connectivity index (χ1) is 9.90. The summed E-state index contributed by atoms with van der Waals surface area (Å²) < 4.78 is 32.3. The van der Waals surface area contributed by atoms with Crippen LogP contribution in [-0.4, -0.2) is 39.7 Å². The molecule has 0 aliphatic carbocycles. The van der Waals surface area contributed by atoms with E-state index >= 15 is 0 Å². The maximum absolute atomic E-state index is 12.3. The lowest BCUT2D eigenvalue weighted by atomic mass is 10.1. The van der Waals surface area contributed by atoms with E-state index in [1.807, 2.05) is 20.8 Å². The second kappa shape index (κ2) is 8.43. The normalized spacial score (nSPS) is 13.6. The average molecular weight is 315 g/mol. The Labute approximate surface area is 127 Å². The summed E-state index contributed by atoms with van der Waals surface area (Å²) in [4.78, 5) is 4.04. The third-order valence-corrected chi connectivity index (χ3v) is 4.51. The van der Waals surface area contributed by atoms with Crippen molar-refractivity contribution in [2.24, 2.45) is 5.92 Å². The van der Waals surface area contributed by atoms with Crippen molar-refractivity contribution in [3.05, 3.63) is 23.9 Å². The Kier molecular flexibility index (Phi) is 7.24. The minimum atomic E-state index is -3.63. The molecule has 0 aromatic carbocycles. The van der Waals surface area contributed by atoms with Gasteiger partial charge < -0.3 is 10.1 Å². The number of nitrogens with one attached hydrogen (secondary N) is 2. The van der Waals surface area contributed by atoms with E-state index in [2.05, 4.69) is 15.0 Å². The molecule has 0 bridgehead atoms. The molecule has 6 nitrogen and oxygen atoms in total. The van der Waals surface area contributed by atoms with Gasteiger partial charge in [-0.15, -0.1) is 0 Å². The second-order valence-corrected chi connectivity index (χ2v) is 6.87. The largest absolute Gasteiger partial charge is 0.383 e. The van der Waals surface area contributed by atoms with E-state index in [1.54, 1.807) is 19.4 Å². The Balaban J connectivity index is 2.81. The van der Waals surface area contributed by atoms with Gasteiger partial charge in [0.15, 0.2) is 5.03 Å². The van der Waals surface area contributed by atoms with Crippen molar-refractivity contribution in [3.63, 3.8) is 0 Å². The van der Waals surface area contributed by atoms with Gasteiger partial charge in [0.1, 0.15) is 0 Å². The molecular formula is C14H25N3O3S. The van der Waals surface area contributed by atoms with Crippen LogP contribution in [0.15, 0.2) is 23.4 Å². The summed E-state index contributed by atoms with van der Waals surface area (Å²) in [5, 5.41) is 3.20. The number of rotatable bonds is 9. The van der Waals surface area contributed by atoms with Crippen LogP contribution >= 0.6 is 0 Å². The third kappa shape index (κ3) is 5.70. The van der Waals surface area contributed by atoms with Crippen LogP contribution in [-0.2, 0) is 21.3 Å². The molecule has 0 radical (unpaired) electrons. The lowest BCUT2D eigenvalue weighted by molar-refractivity contribution is 0.157. The molecule has 21 heavy (non-hydrogen) atoms. The summed E-state index contributed by atoms with van der Waals surface area (Å²) in [6, 6.07) is 3.02. The van der Waals surface area contributed by atoms with Crippen molar-refractivity contribution in [2.45, 2.75) is 38.4 Å². The van der Waals surface area contributed by atoms with Gasteiger partial charge in [-0.05, 0) is 24.1 Å². The van der Waals surface area contributed by atoms with Crippen molar-refractivity contribution in [1.29, 1.82) is 0 Å². The molecule has 1 heterocycles. The molecule has 1 atom stereocenters. The monoisotopic (exact) mass is 315 g/mol. The summed E-state index contributed by atoms with van der Waals surface area (Å²) in [5.41, 5.74) is 0.952. The maximum Gasteiger partial charge on any atom is 0.258 e. The van der Waals surface area contributed by atoms with Crippen molar-refractivity contribution in [3.8, 4) is 0 Å². The van der Waals surface area contributed by atoms with Crippen molar-refractivity contribution < 1.29 is 13.2 Å². The van der Waals surface area contributed by atoms with Crippen LogP contribution in [0.2, 0.25) is 0 Å². The van der Waals surface area contributed by atoms with Crippen molar-refractivity contribution in [1.82, 2.24) is 15.0 Å². The number of pyridine rings is 1. The zero-order chi connectivity index (χ0) is 15.9. The number of ether oxygens (including phenoxy) is 1. The van der Waals surface area contributed by atoms with Gasteiger partial charge in [-0.2, -0.15) is 0 Å². The first kappa shape index (κ1) is 18.0. The van der Waals surface area contributed by atoms with Gasteiger partial charge in [0.25, 0.3) is 10.0 Å². The highest BCUT2D eigenvalue weighted by Gasteiger charge is 2.23. The molecule has 0 aliphatic rings. The Morgan fingerprint density at radius 2 is 2.05 bits per heavy atom. The minimum Gasteiger partial charge on any atom is -0.383 e. The lowest BCUT2D eigenvalue weighted by Gasteiger charge is -2.21. The molecule has 0 fully saturated rings. The molecule has 0 saturated heterocycles. The van der Waals surface area contributed by atoms with E-state index in [-0.39, 0.29) is 17.0 Å². The Morgan fingerprint density at radius 1 is 1.33 bits per heavy atom. The SMILES string of the molecule is CCNCc1ccc(S(=O)(=O)NC(COC)C(C)C)nc1. The third-order valence-electron chi connectivity index (χ3n) is 3.11. The molecular weight excluding hydrogens is 290 g/mol. The first-order valence-electron chi connectivity index (χ1n) is 7.07. The van der Waals surface area contributed by atoms with Crippen molar-refractivity contribution >= 4 is 10.0 Å². The van der Waals surface area contributed by atoms with Gasteiger partial charge in [-0.1, -0.05) is 26.8 Å². The number of aromatic nitrogens is 1. The fourth-order valence-corrected chi connectivity index (χ4v) is 3.04. The molecule has 1 aromatic rings. The standard InChI is InChI=1S/C14H25N3O3S/c1-5-15-8-12-6-7-14(16-9-12)21(18,19)17-13(10-20-4)11(2)3/h6-7,9,11,13,15,17H,5,8,10H2,1-4H3. The van der Waals surface area contributed by atoms with Crippen LogP contribution in [0.3, 0.4) is 0 Å². The van der Waals surface area contributed by atoms with Gasteiger partial charge >= 0.3 is 0 Å². The van der Waals surface area contributed by atoms with Crippen LogP contribution in [0, 0.1) is 5.92 Å². The summed E-state index contributed by atoms with van der Waals surface area (Å²) >= 11 is 0. The molecule has 7 heteroatoms. The number of nitrogens with zero attached hydrogens (tertiary/aromatic N) is 1. The van der Waals surface area contributed by atoms with E-state index in [4.69, 9.17) is 4.74 Å². The molecule has 120 valence electrons. The van der Waals surface area contributed by atoms with Gasteiger partial charge in [-0.25, -0.2) is 18.1 Å². The van der Waals surface area contributed by atoms with Crippen LogP contribution in [0.1, 0.15) is 26.3 Å². The summed E-state index contributed by atoms with van der Waals surface area (Å²) in [6.07, 6.45) is 1.58. The summed E-state index contributed by atoms with van der Waals surface area (Å²) in [5.74, 6) is 0.132. The molecule has 0 aliphatic heterocycles. The number of methoxy groups -OCH3 is 1. The molecule has 0 spiro atoms. The fraction of sp³-hybridized carbons (Fsp3) is 0.643. The van der Waals surface area contributed by atoms with E-state index in [1.165, 1.54) is 6.07 Å². The van der Waals surface area contributed by atoms with Crippen LogP contribution in [0.5, 0.6) is 0 Å². The highest BCUT2D eigenvalue weighted by molar-refractivity contribution is 7.89. The Bertz CT molecular complexity index is 515. The zero-order valence-corrected chi connectivity index (χ0v) is 13.9. The highest BCUT2D eigenvalue weighted by Crippen LogP contribution is 2.10. The zero-order valence-electron chi connectivity index (χ0n) is 13.1. The van der Waals surface area contributed by atoms with Crippen LogP contribution in [0.4, 0.5) is 0 Å². The minimum absolute atomic E-state index is 0.0319. The lowest BCUT2D eigenvalue weighted by Crippen LogP contribution is -2.41. The fourth-order valence-electron chi connectivity index (χ4n) is 1.75. The van der Waals surface area contributed by atoms with E-state index in [9.17, 15) is 8.42 Å². The highest BCUT2D eigenvalue weighted by atomic mass is 32.2. The predicted octanol–water partition coefficient (Wildman–Crippen LogP) is 1.14. The first-order valence-corrected chi connectivity index (χ1v) is 8.56. The number of hydrogen-bond donors (Lipinski definition) is 2. The number of sulfonamides is 1. The topological polar surface area (TPSA) is 80.3 Å². The predicted molar refractivity (Wildman–Crippen MR) is 82.4 cm³/mol. The van der Waals surface area contributed by atoms with Crippen LogP contribution in [0.25, 0.3) is 0 Å². The average Bonchev–Trinajstić information content (AvgIpc) is 2.45. The van der Waals surface area contributed by atoms with E-state index in [0.717, 1.165) is 12.1 Å². The van der Waals surface area contributed by atoms with Gasteiger partial charge in [0.05, 0.1) is 6.61 Å². The Morgan fingerprint density at radius 3 is 2.52 bits per heavy atom. The maximum atomic E-state index is 12.3. The van der Waals surface area contributed by atoms with Gasteiger partial charge in [-0.3, -0.25) is 0 Å². The smallest absolute Gasteiger partial charge is 0.258 e. The molecule has 2 N–H and O–H groups in total. The van der Waals surface area contributed by atoms with Crippen LogP contribution < -0.4 is 10.0 Å². The molecule has 0 saturated carbocycles. The summed E-state index contributed by atoms with van der Waals surface area (Å²) in [7, 11) is -2.07. The quantitative estimate of drug-likeness (QED) is 0.714. The van der Waals surface area contributed by atoms with Gasteiger partial charge in [0.2, 0.25) is 0 Å². The molecule has 1 aromatic heterocycles. The van der Waals surface area contributed by atoms with Gasteiger partial charge in [0, 0.05) is 25.9 Å². The molecule has 0 amide bonds.